The summed E-state index contributed by atoms with van der Waals surface area (Å²) in [5.41, 5.74) is 3.65. The Morgan fingerprint density at radius 1 is 1.10 bits per heavy atom. The molecule has 0 atom stereocenters. The zero-order valence-electron chi connectivity index (χ0n) is 16.9. The maximum atomic E-state index is 13.9. The number of carbonyl (C=O) groups excluding carboxylic acids is 1. The Balaban J connectivity index is 1.91. The molecule has 0 saturated heterocycles. The molecule has 0 unspecified atom stereocenters. The molecule has 4 aromatic rings. The molecule has 6 heteroatoms. The summed E-state index contributed by atoms with van der Waals surface area (Å²) in [6.45, 7) is 5.94. The molecule has 0 spiro atoms. The van der Waals surface area contributed by atoms with Gasteiger partial charge in [0.05, 0.1) is 23.3 Å². The second-order valence-electron chi connectivity index (χ2n) is 7.39. The third-order valence-corrected chi connectivity index (χ3v) is 5.17. The van der Waals surface area contributed by atoms with Crippen molar-refractivity contribution in [2.75, 3.05) is 0 Å². The van der Waals surface area contributed by atoms with Crippen LogP contribution >= 0.6 is 0 Å². The lowest BCUT2D eigenvalue weighted by Gasteiger charge is -2.14. The van der Waals surface area contributed by atoms with E-state index in [-0.39, 0.29) is 10.9 Å². The highest BCUT2D eigenvalue weighted by Gasteiger charge is 2.19. The number of nitrogens with zero attached hydrogens (tertiary/aromatic N) is 3. The number of hydrogen-bond acceptors (Lipinski definition) is 4. The molecule has 3 heterocycles. The Bertz CT molecular complexity index is 1360. The second-order valence-corrected chi connectivity index (χ2v) is 7.39. The highest BCUT2D eigenvalue weighted by atomic mass is 19.1. The molecule has 0 saturated carbocycles. The van der Waals surface area contributed by atoms with Crippen LogP contribution in [-0.4, -0.2) is 20.3 Å². The van der Waals surface area contributed by atoms with Gasteiger partial charge in [-0.2, -0.15) is 0 Å². The van der Waals surface area contributed by atoms with Crippen LogP contribution in [0.15, 0.2) is 59.7 Å². The number of aromatic nitrogens is 3. The third kappa shape index (κ3) is 3.64. The van der Waals surface area contributed by atoms with E-state index in [0.717, 1.165) is 22.6 Å². The molecule has 0 amide bonds. The van der Waals surface area contributed by atoms with E-state index < -0.39 is 17.0 Å². The number of aryl methyl sites for hydroxylation is 3. The van der Waals surface area contributed by atoms with Crippen molar-refractivity contribution in [1.82, 2.24) is 14.5 Å². The largest absolute Gasteiger partial charge is 0.340 e. The molecule has 0 fully saturated rings. The van der Waals surface area contributed by atoms with Gasteiger partial charge in [-0.05, 0) is 62.7 Å². The minimum absolute atomic E-state index is 0.0224. The predicted molar refractivity (Wildman–Crippen MR) is 113 cm³/mol. The average Bonchev–Trinajstić information content (AvgIpc) is 2.71. The molecule has 0 radical (unpaired) electrons. The van der Waals surface area contributed by atoms with Gasteiger partial charge in [0, 0.05) is 34.7 Å². The molecule has 1 aromatic carbocycles. The van der Waals surface area contributed by atoms with Crippen molar-refractivity contribution in [2.45, 2.75) is 27.3 Å². The molecule has 0 aliphatic carbocycles. The van der Waals surface area contributed by atoms with E-state index in [9.17, 15) is 14.0 Å². The van der Waals surface area contributed by atoms with E-state index in [0.29, 0.717) is 17.6 Å². The van der Waals surface area contributed by atoms with E-state index in [1.165, 1.54) is 24.5 Å². The first-order valence-corrected chi connectivity index (χ1v) is 9.56. The van der Waals surface area contributed by atoms with Crippen LogP contribution in [0.1, 0.15) is 38.6 Å². The lowest BCUT2D eigenvalue weighted by molar-refractivity contribution is 0.103. The predicted octanol–water partition coefficient (Wildman–Crippen LogP) is 4.14. The summed E-state index contributed by atoms with van der Waals surface area (Å²) in [4.78, 5) is 35.0. The Morgan fingerprint density at radius 3 is 2.63 bits per heavy atom. The van der Waals surface area contributed by atoms with Crippen molar-refractivity contribution >= 4 is 16.7 Å². The highest BCUT2D eigenvalue weighted by Crippen LogP contribution is 2.18. The Labute approximate surface area is 172 Å². The number of rotatable bonds is 4. The summed E-state index contributed by atoms with van der Waals surface area (Å²) < 4.78 is 15.7. The molecule has 30 heavy (non-hydrogen) atoms. The van der Waals surface area contributed by atoms with Crippen molar-refractivity contribution in [3.63, 3.8) is 0 Å². The van der Waals surface area contributed by atoms with Crippen LogP contribution in [0.3, 0.4) is 0 Å². The molecule has 4 rings (SSSR count). The number of hydrogen-bond donors (Lipinski definition) is 0. The van der Waals surface area contributed by atoms with Crippen molar-refractivity contribution < 1.29 is 9.18 Å². The van der Waals surface area contributed by atoms with Gasteiger partial charge in [0.2, 0.25) is 5.43 Å². The summed E-state index contributed by atoms with van der Waals surface area (Å²) in [6, 6.07) is 11.4. The molecular weight excluding hydrogens is 381 g/mol. The van der Waals surface area contributed by atoms with Gasteiger partial charge in [-0.15, -0.1) is 0 Å². The molecule has 150 valence electrons. The maximum Gasteiger partial charge on any atom is 0.200 e. The number of pyridine rings is 3. The van der Waals surface area contributed by atoms with Crippen molar-refractivity contribution in [3.8, 4) is 0 Å². The number of carbonyl (C=O) groups is 1. The average molecular weight is 401 g/mol. The molecule has 5 nitrogen and oxygen atoms in total. The number of halogens is 1. The van der Waals surface area contributed by atoms with Crippen LogP contribution in [0.25, 0.3) is 10.9 Å². The first-order chi connectivity index (χ1) is 14.3. The van der Waals surface area contributed by atoms with Crippen molar-refractivity contribution in [1.29, 1.82) is 0 Å². The van der Waals surface area contributed by atoms with Gasteiger partial charge < -0.3 is 4.57 Å². The fraction of sp³-hybridized carbons (Fsp3) is 0.167. The van der Waals surface area contributed by atoms with E-state index in [1.807, 2.05) is 39.0 Å². The molecule has 0 N–H and O–H groups in total. The zero-order chi connectivity index (χ0) is 21.4. The Morgan fingerprint density at radius 2 is 1.90 bits per heavy atom. The van der Waals surface area contributed by atoms with Gasteiger partial charge in [-0.25, -0.2) is 4.39 Å². The summed E-state index contributed by atoms with van der Waals surface area (Å²) in [5, 5.41) is 0.158. The van der Waals surface area contributed by atoms with Crippen LogP contribution in [0, 0.1) is 26.6 Å². The fourth-order valence-corrected chi connectivity index (χ4v) is 3.45. The first-order valence-electron chi connectivity index (χ1n) is 9.56. The Kier molecular flexibility index (Phi) is 4.99. The minimum Gasteiger partial charge on any atom is -0.340 e. The minimum atomic E-state index is -0.530. The third-order valence-electron chi connectivity index (χ3n) is 5.17. The second kappa shape index (κ2) is 7.63. The van der Waals surface area contributed by atoms with Gasteiger partial charge in [-0.3, -0.25) is 19.6 Å². The first kappa shape index (κ1) is 19.6. The number of benzene rings is 1. The molecule has 0 aliphatic rings. The maximum absolute atomic E-state index is 13.9. The van der Waals surface area contributed by atoms with Gasteiger partial charge >= 0.3 is 0 Å². The SMILES string of the molecule is Cc1cccc(Cn2cc(C(=O)c3cnc(C)c(C)c3)c(=O)c3cc(F)ccc32)n1. The van der Waals surface area contributed by atoms with Crippen LogP contribution in [0.5, 0.6) is 0 Å². The zero-order valence-corrected chi connectivity index (χ0v) is 16.9. The topological polar surface area (TPSA) is 64.8 Å². The molecular formula is C24H20FN3O2. The van der Waals surface area contributed by atoms with Gasteiger partial charge in [0.25, 0.3) is 0 Å². The van der Waals surface area contributed by atoms with Crippen LogP contribution in [-0.2, 0) is 6.54 Å². The summed E-state index contributed by atoms with van der Waals surface area (Å²) in [6.07, 6.45) is 3.00. The number of fused-ring (bicyclic) bond motifs is 1. The normalized spacial score (nSPS) is 11.1. The monoisotopic (exact) mass is 401 g/mol. The van der Waals surface area contributed by atoms with Gasteiger partial charge in [0.1, 0.15) is 5.82 Å². The van der Waals surface area contributed by atoms with Crippen molar-refractivity contribution in [2.24, 2.45) is 0 Å². The molecule has 0 bridgehead atoms. The molecule has 0 aliphatic heterocycles. The highest BCUT2D eigenvalue weighted by molar-refractivity contribution is 6.10. The summed E-state index contributed by atoms with van der Waals surface area (Å²) >= 11 is 0. The van der Waals surface area contributed by atoms with Gasteiger partial charge in [-0.1, -0.05) is 6.07 Å². The quantitative estimate of drug-likeness (QED) is 0.482. The standard InChI is InChI=1S/C24H20FN3O2/c1-14-9-17(11-26-16(14)3)23(29)21-13-28(12-19-6-4-5-15(2)27-19)22-8-7-18(25)10-20(22)24(21)30/h4-11,13H,12H2,1-3H3. The lowest BCUT2D eigenvalue weighted by Crippen LogP contribution is -2.21. The Hall–Kier alpha value is -3.67. The fourth-order valence-electron chi connectivity index (χ4n) is 3.45. The van der Waals surface area contributed by atoms with E-state index in [4.69, 9.17) is 0 Å². The van der Waals surface area contributed by atoms with Crippen LogP contribution < -0.4 is 5.43 Å². The van der Waals surface area contributed by atoms with Crippen LogP contribution in [0.4, 0.5) is 4.39 Å². The number of ketones is 1. The lowest BCUT2D eigenvalue weighted by atomic mass is 10.0. The van der Waals surface area contributed by atoms with E-state index in [1.54, 1.807) is 16.7 Å². The summed E-state index contributed by atoms with van der Waals surface area (Å²) in [7, 11) is 0. The van der Waals surface area contributed by atoms with E-state index in [2.05, 4.69) is 9.97 Å². The van der Waals surface area contributed by atoms with Gasteiger partial charge in [0.15, 0.2) is 5.78 Å². The smallest absolute Gasteiger partial charge is 0.200 e. The van der Waals surface area contributed by atoms with Crippen molar-refractivity contribution in [3.05, 3.63) is 105 Å². The van der Waals surface area contributed by atoms with Crippen LogP contribution in [0.2, 0.25) is 0 Å². The van der Waals surface area contributed by atoms with E-state index >= 15 is 0 Å². The molecule has 3 aromatic heterocycles. The summed E-state index contributed by atoms with van der Waals surface area (Å²) in [5.74, 6) is -0.968.